The van der Waals surface area contributed by atoms with Gasteiger partial charge in [0.1, 0.15) is 11.9 Å². The van der Waals surface area contributed by atoms with E-state index in [1.165, 1.54) is 0 Å². The van der Waals surface area contributed by atoms with Gasteiger partial charge in [0.2, 0.25) is 0 Å². The first-order valence-electron chi connectivity index (χ1n) is 6.98. The summed E-state index contributed by atoms with van der Waals surface area (Å²) in [6.45, 7) is 0.492. The van der Waals surface area contributed by atoms with Crippen LogP contribution < -0.4 is 10.5 Å². The molecule has 108 valence electrons. The van der Waals surface area contributed by atoms with Gasteiger partial charge in [-0.25, -0.2) is 0 Å². The number of ether oxygens (including phenoxy) is 1. The Labute approximate surface area is 124 Å². The van der Waals surface area contributed by atoms with E-state index in [-0.39, 0.29) is 6.10 Å². The Morgan fingerprint density at radius 3 is 2.52 bits per heavy atom. The van der Waals surface area contributed by atoms with Crippen LogP contribution in [0.25, 0.3) is 11.1 Å². The average Bonchev–Trinajstić information content (AvgIpc) is 3.04. The third kappa shape index (κ3) is 2.76. The highest BCUT2D eigenvalue weighted by Crippen LogP contribution is 2.30. The number of para-hydroxylation sites is 1. The van der Waals surface area contributed by atoms with Crippen LogP contribution in [0.5, 0.6) is 5.75 Å². The number of hydrogen-bond donors (Lipinski definition) is 1. The van der Waals surface area contributed by atoms with E-state index in [1.807, 2.05) is 18.2 Å². The summed E-state index contributed by atoms with van der Waals surface area (Å²) in [5.41, 5.74) is 9.82. The molecular weight excluding hydrogens is 264 g/mol. The van der Waals surface area contributed by atoms with Crippen LogP contribution >= 0.6 is 0 Å². The summed E-state index contributed by atoms with van der Waals surface area (Å²) in [4.78, 5) is 5.26. The van der Waals surface area contributed by atoms with Gasteiger partial charge in [-0.05, 0) is 17.2 Å². The van der Waals surface area contributed by atoms with Gasteiger partial charge in [0, 0.05) is 18.5 Å². The van der Waals surface area contributed by atoms with Crippen LogP contribution in [-0.4, -0.2) is 25.5 Å². The fourth-order valence-corrected chi connectivity index (χ4v) is 2.45. The smallest absolute Gasteiger partial charge is 0.145 e. The Morgan fingerprint density at radius 2 is 1.86 bits per heavy atom. The molecule has 3 rings (SSSR count). The highest BCUT2D eigenvalue weighted by molar-refractivity contribution is 6.01. The molecule has 0 spiro atoms. The zero-order chi connectivity index (χ0) is 14.7. The molecule has 0 aromatic heterocycles. The van der Waals surface area contributed by atoms with Gasteiger partial charge in [0.15, 0.2) is 0 Å². The van der Waals surface area contributed by atoms with Crippen LogP contribution in [0.1, 0.15) is 12.0 Å². The summed E-state index contributed by atoms with van der Waals surface area (Å²) in [5, 5.41) is 4.11. The lowest BCUT2D eigenvalue weighted by atomic mass is 9.99. The summed E-state index contributed by atoms with van der Waals surface area (Å²) in [6.07, 6.45) is 0.777. The van der Waals surface area contributed by atoms with Crippen molar-refractivity contribution in [3.63, 3.8) is 0 Å². The van der Waals surface area contributed by atoms with Crippen molar-refractivity contribution in [2.24, 2.45) is 10.9 Å². The van der Waals surface area contributed by atoms with Crippen molar-refractivity contribution < 1.29 is 9.57 Å². The van der Waals surface area contributed by atoms with Gasteiger partial charge in [0.25, 0.3) is 0 Å². The van der Waals surface area contributed by atoms with Gasteiger partial charge in [-0.1, -0.05) is 47.6 Å². The molecular formula is C17H18N2O2. The molecule has 0 saturated heterocycles. The lowest BCUT2D eigenvalue weighted by Crippen LogP contribution is -2.20. The Bertz CT molecular complexity index is 650. The first-order valence-corrected chi connectivity index (χ1v) is 6.98. The molecule has 2 aromatic carbocycles. The number of hydrogen-bond acceptors (Lipinski definition) is 4. The number of nitrogens with zero attached hydrogens (tertiary/aromatic N) is 1. The average molecular weight is 282 g/mol. The fourth-order valence-electron chi connectivity index (χ4n) is 2.45. The molecule has 1 heterocycles. The second-order valence-electron chi connectivity index (χ2n) is 4.98. The molecule has 4 nitrogen and oxygen atoms in total. The van der Waals surface area contributed by atoms with Crippen LogP contribution in [0, 0.1) is 0 Å². The second kappa shape index (κ2) is 5.97. The third-order valence-corrected chi connectivity index (χ3v) is 3.63. The minimum Gasteiger partial charge on any atom is -0.496 e. The predicted octanol–water partition coefficient (Wildman–Crippen LogP) is 2.81. The van der Waals surface area contributed by atoms with Crippen LogP contribution in [0.4, 0.5) is 0 Å². The van der Waals surface area contributed by atoms with Crippen molar-refractivity contribution in [1.82, 2.24) is 0 Å². The zero-order valence-electron chi connectivity index (χ0n) is 12.0. The molecule has 4 heteroatoms. The van der Waals surface area contributed by atoms with E-state index < -0.39 is 0 Å². The summed E-state index contributed by atoms with van der Waals surface area (Å²) >= 11 is 0. The molecule has 0 radical (unpaired) electrons. The predicted molar refractivity (Wildman–Crippen MR) is 83.5 cm³/mol. The largest absolute Gasteiger partial charge is 0.496 e. The number of nitrogens with two attached hydrogens (primary N) is 1. The van der Waals surface area contributed by atoms with E-state index in [9.17, 15) is 0 Å². The van der Waals surface area contributed by atoms with Gasteiger partial charge in [0.05, 0.1) is 12.8 Å². The molecule has 1 unspecified atom stereocenters. The van der Waals surface area contributed by atoms with Gasteiger partial charge >= 0.3 is 0 Å². The van der Waals surface area contributed by atoms with Crippen molar-refractivity contribution >= 4 is 5.71 Å². The van der Waals surface area contributed by atoms with Crippen molar-refractivity contribution in [2.75, 3.05) is 13.7 Å². The van der Waals surface area contributed by atoms with E-state index in [4.69, 9.17) is 15.3 Å². The molecule has 21 heavy (non-hydrogen) atoms. The van der Waals surface area contributed by atoms with Crippen molar-refractivity contribution in [2.45, 2.75) is 12.5 Å². The number of oxime groups is 1. The maximum Gasteiger partial charge on any atom is 0.145 e. The first-order chi connectivity index (χ1) is 10.3. The second-order valence-corrected chi connectivity index (χ2v) is 4.98. The molecule has 2 N–H and O–H groups in total. The molecule has 0 aliphatic carbocycles. The third-order valence-electron chi connectivity index (χ3n) is 3.63. The number of benzene rings is 2. The summed E-state index contributed by atoms with van der Waals surface area (Å²) in [6, 6.07) is 16.3. The van der Waals surface area contributed by atoms with Gasteiger partial charge in [-0.2, -0.15) is 0 Å². The summed E-state index contributed by atoms with van der Waals surface area (Å²) in [7, 11) is 1.69. The Morgan fingerprint density at radius 1 is 1.14 bits per heavy atom. The summed E-state index contributed by atoms with van der Waals surface area (Å²) < 4.78 is 5.40. The molecule has 0 fully saturated rings. The lowest BCUT2D eigenvalue weighted by Gasteiger charge is -2.09. The maximum absolute atomic E-state index is 5.59. The molecule has 0 saturated carbocycles. The first kappa shape index (κ1) is 13.6. The minimum atomic E-state index is 0.00824. The molecule has 1 aliphatic heterocycles. The standard InChI is InChI=1S/C17H18N2O2/c1-20-17-5-3-2-4-15(17)12-6-8-13(9-7-12)16-10-14(11-18)21-19-16/h2-9,14H,10-11,18H2,1H3. The SMILES string of the molecule is COc1ccccc1-c1ccc(C2=NOC(CN)C2)cc1. The van der Waals surface area contributed by atoms with E-state index in [2.05, 4.69) is 35.5 Å². The molecule has 0 amide bonds. The Kier molecular flexibility index (Phi) is 3.88. The zero-order valence-corrected chi connectivity index (χ0v) is 12.0. The highest BCUT2D eigenvalue weighted by Gasteiger charge is 2.20. The fraction of sp³-hybridized carbons (Fsp3) is 0.235. The minimum absolute atomic E-state index is 0.00824. The monoisotopic (exact) mass is 282 g/mol. The number of methoxy groups -OCH3 is 1. The molecule has 1 aliphatic rings. The highest BCUT2D eigenvalue weighted by atomic mass is 16.6. The number of rotatable bonds is 4. The van der Waals surface area contributed by atoms with Crippen molar-refractivity contribution in [1.29, 1.82) is 0 Å². The van der Waals surface area contributed by atoms with Gasteiger partial charge in [-0.3, -0.25) is 0 Å². The van der Waals surface area contributed by atoms with Gasteiger partial charge < -0.3 is 15.3 Å². The Balaban J connectivity index is 1.85. The normalized spacial score (nSPS) is 17.2. The van der Waals surface area contributed by atoms with Gasteiger partial charge in [-0.15, -0.1) is 0 Å². The van der Waals surface area contributed by atoms with E-state index >= 15 is 0 Å². The van der Waals surface area contributed by atoms with Crippen LogP contribution in [0.2, 0.25) is 0 Å². The van der Waals surface area contributed by atoms with E-state index in [1.54, 1.807) is 7.11 Å². The van der Waals surface area contributed by atoms with Crippen molar-refractivity contribution in [3.05, 3.63) is 54.1 Å². The summed E-state index contributed by atoms with van der Waals surface area (Å²) in [5.74, 6) is 0.870. The quantitative estimate of drug-likeness (QED) is 0.938. The van der Waals surface area contributed by atoms with Crippen LogP contribution in [-0.2, 0) is 4.84 Å². The maximum atomic E-state index is 5.59. The Hall–Kier alpha value is -2.33. The topological polar surface area (TPSA) is 56.8 Å². The van der Waals surface area contributed by atoms with Crippen LogP contribution in [0.3, 0.4) is 0 Å². The molecule has 2 aromatic rings. The molecule has 1 atom stereocenters. The van der Waals surface area contributed by atoms with E-state index in [0.717, 1.165) is 34.6 Å². The van der Waals surface area contributed by atoms with E-state index in [0.29, 0.717) is 6.54 Å². The molecule has 0 bridgehead atoms. The van der Waals surface area contributed by atoms with Crippen molar-refractivity contribution in [3.8, 4) is 16.9 Å². The van der Waals surface area contributed by atoms with Crippen LogP contribution in [0.15, 0.2) is 53.7 Å². The lowest BCUT2D eigenvalue weighted by molar-refractivity contribution is 0.0918.